The largest absolute Gasteiger partial charge is 0.366 e. The van der Waals surface area contributed by atoms with Gasteiger partial charge in [0.2, 0.25) is 5.91 Å². The van der Waals surface area contributed by atoms with Gasteiger partial charge in [0.05, 0.1) is 11.6 Å². The molecule has 0 saturated carbocycles. The third kappa shape index (κ3) is 1.51. The molecular formula is C8H7FN2O. The van der Waals surface area contributed by atoms with E-state index in [9.17, 15) is 9.18 Å². The number of primary amides is 1. The van der Waals surface area contributed by atoms with Gasteiger partial charge in [-0.1, -0.05) is 6.08 Å². The first-order valence-corrected chi connectivity index (χ1v) is 3.40. The molecule has 1 atom stereocenters. The van der Waals surface area contributed by atoms with Crippen LogP contribution in [-0.4, -0.2) is 12.1 Å². The van der Waals surface area contributed by atoms with Gasteiger partial charge in [-0.25, -0.2) is 4.39 Å². The van der Waals surface area contributed by atoms with Crippen LogP contribution in [0, 0.1) is 11.3 Å². The summed E-state index contributed by atoms with van der Waals surface area (Å²) in [6.45, 7) is 0. The van der Waals surface area contributed by atoms with Crippen LogP contribution in [0.5, 0.6) is 0 Å². The summed E-state index contributed by atoms with van der Waals surface area (Å²) in [7, 11) is 0. The van der Waals surface area contributed by atoms with Crippen molar-refractivity contribution in [2.24, 2.45) is 5.73 Å². The zero-order valence-corrected chi connectivity index (χ0v) is 6.25. The summed E-state index contributed by atoms with van der Waals surface area (Å²) >= 11 is 0. The molecule has 0 radical (unpaired) electrons. The molecule has 0 aromatic rings. The van der Waals surface area contributed by atoms with Crippen LogP contribution < -0.4 is 5.73 Å². The number of nitrogens with two attached hydrogens (primary N) is 1. The van der Waals surface area contributed by atoms with Gasteiger partial charge in [0.15, 0.2) is 0 Å². The Morgan fingerprint density at radius 2 is 2.42 bits per heavy atom. The fourth-order valence-corrected chi connectivity index (χ4v) is 0.956. The highest BCUT2D eigenvalue weighted by molar-refractivity contribution is 5.92. The van der Waals surface area contributed by atoms with E-state index in [1.54, 1.807) is 6.07 Å². The van der Waals surface area contributed by atoms with Crippen molar-refractivity contribution in [3.8, 4) is 6.07 Å². The second-order valence-electron chi connectivity index (χ2n) is 2.46. The lowest BCUT2D eigenvalue weighted by Gasteiger charge is -2.11. The van der Waals surface area contributed by atoms with E-state index in [-0.39, 0.29) is 17.6 Å². The summed E-state index contributed by atoms with van der Waals surface area (Å²) in [4.78, 5) is 10.6. The van der Waals surface area contributed by atoms with Crippen molar-refractivity contribution in [1.29, 1.82) is 5.26 Å². The van der Waals surface area contributed by atoms with Crippen molar-refractivity contribution < 1.29 is 9.18 Å². The number of carbonyl (C=O) groups is 1. The molecule has 0 aromatic carbocycles. The van der Waals surface area contributed by atoms with Gasteiger partial charge in [-0.15, -0.1) is 0 Å². The minimum atomic E-state index is -1.39. The first-order chi connectivity index (χ1) is 5.65. The van der Waals surface area contributed by atoms with Crippen molar-refractivity contribution in [2.45, 2.75) is 12.6 Å². The Balaban J connectivity index is 2.90. The quantitative estimate of drug-likeness (QED) is 0.619. The number of carbonyl (C=O) groups excluding carboxylic acids is 1. The Hall–Kier alpha value is -1.63. The molecule has 1 aliphatic rings. The smallest absolute Gasteiger partial charge is 0.244 e. The lowest BCUT2D eigenvalue weighted by molar-refractivity contribution is -0.114. The summed E-state index contributed by atoms with van der Waals surface area (Å²) in [6.07, 6.45) is 1.20. The lowest BCUT2D eigenvalue weighted by Crippen LogP contribution is -2.19. The van der Waals surface area contributed by atoms with Crippen molar-refractivity contribution in [3.63, 3.8) is 0 Å². The molecule has 0 spiro atoms. The topological polar surface area (TPSA) is 66.9 Å². The Morgan fingerprint density at radius 3 is 2.83 bits per heavy atom. The molecule has 12 heavy (non-hydrogen) atoms. The van der Waals surface area contributed by atoms with Gasteiger partial charge in [0.25, 0.3) is 0 Å². The molecule has 4 heteroatoms. The molecule has 0 fully saturated rings. The van der Waals surface area contributed by atoms with Gasteiger partial charge in [0.1, 0.15) is 6.17 Å². The molecule has 2 N–H and O–H groups in total. The second kappa shape index (κ2) is 3.18. The molecule has 0 heterocycles. The molecule has 62 valence electrons. The van der Waals surface area contributed by atoms with Gasteiger partial charge in [-0.2, -0.15) is 5.26 Å². The number of halogens is 1. The van der Waals surface area contributed by atoms with E-state index in [0.29, 0.717) is 0 Å². The average Bonchev–Trinajstić information content (AvgIpc) is 2.04. The zero-order valence-electron chi connectivity index (χ0n) is 6.25. The normalized spacial score (nSPS) is 22.2. The highest BCUT2D eigenvalue weighted by Gasteiger charge is 2.20. The molecule has 1 amide bonds. The Bertz CT molecular complexity index is 312. The van der Waals surface area contributed by atoms with E-state index in [2.05, 4.69) is 0 Å². The summed E-state index contributed by atoms with van der Waals surface area (Å²) in [5, 5.41) is 8.38. The van der Waals surface area contributed by atoms with Crippen LogP contribution in [0.4, 0.5) is 4.39 Å². The highest BCUT2D eigenvalue weighted by atomic mass is 19.1. The Morgan fingerprint density at radius 1 is 1.75 bits per heavy atom. The van der Waals surface area contributed by atoms with Crippen molar-refractivity contribution in [3.05, 3.63) is 23.3 Å². The SMILES string of the molecule is N#CC1=CC=C(C(N)=O)CC1F. The number of nitrogens with zero attached hydrogens (tertiary/aromatic N) is 1. The third-order valence-corrected chi connectivity index (χ3v) is 1.65. The minimum Gasteiger partial charge on any atom is -0.366 e. The summed E-state index contributed by atoms with van der Waals surface area (Å²) in [5.41, 5.74) is 5.20. The van der Waals surface area contributed by atoms with E-state index >= 15 is 0 Å². The van der Waals surface area contributed by atoms with E-state index in [1.807, 2.05) is 0 Å². The molecule has 0 saturated heterocycles. The monoisotopic (exact) mass is 166 g/mol. The maximum absolute atomic E-state index is 12.9. The Kier molecular flexibility index (Phi) is 2.24. The maximum atomic E-state index is 12.9. The zero-order chi connectivity index (χ0) is 9.14. The number of hydrogen-bond donors (Lipinski definition) is 1. The van der Waals surface area contributed by atoms with Crippen LogP contribution in [0.2, 0.25) is 0 Å². The predicted octanol–water partition coefficient (Wildman–Crippen LogP) is 0.590. The number of amides is 1. The van der Waals surface area contributed by atoms with E-state index in [1.165, 1.54) is 12.2 Å². The fraction of sp³-hybridized carbons (Fsp3) is 0.250. The summed E-state index contributed by atoms with van der Waals surface area (Å²) in [6, 6.07) is 1.70. The molecule has 1 aliphatic carbocycles. The number of rotatable bonds is 1. The summed E-state index contributed by atoms with van der Waals surface area (Å²) in [5.74, 6) is -0.633. The Labute approximate surface area is 69.0 Å². The van der Waals surface area contributed by atoms with E-state index in [0.717, 1.165) is 0 Å². The summed E-state index contributed by atoms with van der Waals surface area (Å²) < 4.78 is 12.9. The molecule has 1 rings (SSSR count). The standard InChI is InChI=1S/C8H7FN2O/c9-7-3-5(8(11)12)1-2-6(7)4-10/h1-2,7H,3H2,(H2,11,12). The fourth-order valence-electron chi connectivity index (χ4n) is 0.956. The van der Waals surface area contributed by atoms with Crippen LogP contribution >= 0.6 is 0 Å². The molecule has 3 nitrogen and oxygen atoms in total. The van der Waals surface area contributed by atoms with Gasteiger partial charge in [-0.05, 0) is 6.08 Å². The van der Waals surface area contributed by atoms with Gasteiger partial charge in [0, 0.05) is 12.0 Å². The molecular weight excluding hydrogens is 159 g/mol. The molecule has 0 aromatic heterocycles. The number of hydrogen-bond acceptors (Lipinski definition) is 2. The number of nitriles is 1. The first-order valence-electron chi connectivity index (χ1n) is 3.40. The van der Waals surface area contributed by atoms with Crippen LogP contribution in [0.1, 0.15) is 6.42 Å². The first kappa shape index (κ1) is 8.47. The van der Waals surface area contributed by atoms with E-state index < -0.39 is 12.1 Å². The van der Waals surface area contributed by atoms with Crippen molar-refractivity contribution >= 4 is 5.91 Å². The van der Waals surface area contributed by atoms with E-state index in [4.69, 9.17) is 11.0 Å². The molecule has 0 bridgehead atoms. The highest BCUT2D eigenvalue weighted by Crippen LogP contribution is 2.20. The van der Waals surface area contributed by atoms with Gasteiger partial charge < -0.3 is 5.73 Å². The van der Waals surface area contributed by atoms with Crippen LogP contribution in [-0.2, 0) is 4.79 Å². The number of alkyl halides is 1. The molecule has 0 aliphatic heterocycles. The van der Waals surface area contributed by atoms with Gasteiger partial charge in [-0.3, -0.25) is 4.79 Å². The van der Waals surface area contributed by atoms with Crippen LogP contribution in [0.3, 0.4) is 0 Å². The van der Waals surface area contributed by atoms with Crippen molar-refractivity contribution in [2.75, 3.05) is 0 Å². The minimum absolute atomic E-state index is 0.0417. The third-order valence-electron chi connectivity index (χ3n) is 1.65. The molecule has 1 unspecified atom stereocenters. The lowest BCUT2D eigenvalue weighted by atomic mass is 9.97. The predicted molar refractivity (Wildman–Crippen MR) is 40.5 cm³/mol. The van der Waals surface area contributed by atoms with Crippen molar-refractivity contribution in [1.82, 2.24) is 0 Å². The van der Waals surface area contributed by atoms with Crippen LogP contribution in [0.15, 0.2) is 23.3 Å². The number of allylic oxidation sites excluding steroid dienone is 3. The van der Waals surface area contributed by atoms with Crippen LogP contribution in [0.25, 0.3) is 0 Å². The average molecular weight is 166 g/mol. The second-order valence-corrected chi connectivity index (χ2v) is 2.46. The maximum Gasteiger partial charge on any atom is 0.244 e. The van der Waals surface area contributed by atoms with Gasteiger partial charge >= 0.3 is 0 Å².